The second-order valence-electron chi connectivity index (χ2n) is 3.41. The maximum atomic E-state index is 10.8. The first kappa shape index (κ1) is 11.0. The summed E-state index contributed by atoms with van der Waals surface area (Å²) in [6, 6.07) is 15.9. The van der Waals surface area contributed by atoms with Crippen LogP contribution in [-0.4, -0.2) is 11.1 Å². The van der Waals surface area contributed by atoms with Gasteiger partial charge in [-0.05, 0) is 11.6 Å². The summed E-state index contributed by atoms with van der Waals surface area (Å²) in [7, 11) is 0. The summed E-state index contributed by atoms with van der Waals surface area (Å²) in [5.41, 5.74) is 1.28. The fraction of sp³-hybridized carbons (Fsp3) is 0. The first-order chi connectivity index (χ1) is 8.27. The normalized spacial score (nSPS) is 10.6. The van der Waals surface area contributed by atoms with Crippen LogP contribution in [0.4, 0.5) is 11.4 Å². The number of rotatable bonds is 3. The first-order valence-electron chi connectivity index (χ1n) is 5.10. The highest BCUT2D eigenvalue weighted by molar-refractivity contribution is 5.83. The van der Waals surface area contributed by atoms with Gasteiger partial charge in [0.15, 0.2) is 0 Å². The van der Waals surface area contributed by atoms with Gasteiger partial charge in [-0.3, -0.25) is 10.1 Å². The minimum absolute atomic E-state index is 0.0136. The molecule has 84 valence electrons. The molecule has 0 radical (unpaired) electrons. The van der Waals surface area contributed by atoms with Gasteiger partial charge in [-0.1, -0.05) is 42.5 Å². The van der Waals surface area contributed by atoms with Crippen LogP contribution in [-0.2, 0) is 0 Å². The lowest BCUT2D eigenvalue weighted by atomic mass is 10.2. The van der Waals surface area contributed by atoms with Crippen LogP contribution in [0.5, 0.6) is 0 Å². The van der Waals surface area contributed by atoms with Crippen molar-refractivity contribution < 1.29 is 4.92 Å². The lowest BCUT2D eigenvalue weighted by molar-refractivity contribution is -0.384. The van der Waals surface area contributed by atoms with Gasteiger partial charge in [-0.15, -0.1) is 0 Å². The van der Waals surface area contributed by atoms with Crippen LogP contribution >= 0.6 is 0 Å². The van der Waals surface area contributed by atoms with E-state index < -0.39 is 4.92 Å². The third kappa shape index (κ3) is 2.75. The molecule has 0 N–H and O–H groups in total. The monoisotopic (exact) mass is 226 g/mol. The highest BCUT2D eigenvalue weighted by Crippen LogP contribution is 2.25. The fourth-order valence-corrected chi connectivity index (χ4v) is 1.41. The molecule has 0 saturated heterocycles. The van der Waals surface area contributed by atoms with Crippen molar-refractivity contribution >= 4 is 17.6 Å². The van der Waals surface area contributed by atoms with E-state index in [2.05, 4.69) is 4.99 Å². The molecule has 0 amide bonds. The van der Waals surface area contributed by atoms with Crippen LogP contribution in [0.25, 0.3) is 0 Å². The van der Waals surface area contributed by atoms with Crippen molar-refractivity contribution in [2.75, 3.05) is 0 Å². The molecule has 0 atom stereocenters. The summed E-state index contributed by atoms with van der Waals surface area (Å²) < 4.78 is 0. The molecule has 0 aromatic heterocycles. The van der Waals surface area contributed by atoms with Gasteiger partial charge >= 0.3 is 0 Å². The zero-order valence-electron chi connectivity index (χ0n) is 8.98. The molecule has 4 heteroatoms. The summed E-state index contributed by atoms with van der Waals surface area (Å²) in [5, 5.41) is 10.8. The maximum Gasteiger partial charge on any atom is 0.294 e. The van der Waals surface area contributed by atoms with Crippen molar-refractivity contribution in [2.24, 2.45) is 4.99 Å². The Labute approximate surface area is 98.4 Å². The maximum absolute atomic E-state index is 10.8. The molecule has 0 aliphatic carbocycles. The van der Waals surface area contributed by atoms with E-state index in [9.17, 15) is 10.1 Å². The van der Waals surface area contributed by atoms with Gasteiger partial charge in [-0.2, -0.15) is 0 Å². The fourth-order valence-electron chi connectivity index (χ4n) is 1.41. The van der Waals surface area contributed by atoms with Crippen molar-refractivity contribution in [3.05, 3.63) is 70.3 Å². The van der Waals surface area contributed by atoms with Crippen molar-refractivity contribution in [2.45, 2.75) is 0 Å². The topological polar surface area (TPSA) is 55.5 Å². The molecule has 2 aromatic rings. The predicted molar refractivity (Wildman–Crippen MR) is 66.8 cm³/mol. The average molecular weight is 226 g/mol. The Kier molecular flexibility index (Phi) is 3.25. The van der Waals surface area contributed by atoms with Crippen LogP contribution < -0.4 is 0 Å². The number of nitro groups is 1. The van der Waals surface area contributed by atoms with Crippen molar-refractivity contribution in [1.29, 1.82) is 0 Å². The van der Waals surface area contributed by atoms with Gasteiger partial charge in [0.2, 0.25) is 0 Å². The Morgan fingerprint density at radius 2 is 1.65 bits per heavy atom. The molecule has 0 fully saturated rings. The summed E-state index contributed by atoms with van der Waals surface area (Å²) in [5.74, 6) is 0. The second-order valence-corrected chi connectivity index (χ2v) is 3.41. The standard InChI is InChI=1S/C13H10N2O2/c16-15(17)13-9-5-4-8-12(13)14-10-11-6-2-1-3-7-11/h1-10H/b14-10+. The Morgan fingerprint density at radius 1 is 1.00 bits per heavy atom. The van der Waals surface area contributed by atoms with Gasteiger partial charge in [0.1, 0.15) is 5.69 Å². The molecule has 4 nitrogen and oxygen atoms in total. The molecule has 0 saturated carbocycles. The SMILES string of the molecule is O=[N+]([O-])c1ccccc1/N=C/c1ccccc1. The van der Waals surface area contributed by atoms with Gasteiger partial charge in [-0.25, -0.2) is 4.99 Å². The van der Waals surface area contributed by atoms with E-state index in [1.807, 2.05) is 30.3 Å². The molecule has 0 aliphatic rings. The lowest BCUT2D eigenvalue weighted by Gasteiger charge is -1.96. The number of nitrogens with zero attached hydrogens (tertiary/aromatic N) is 2. The van der Waals surface area contributed by atoms with E-state index in [1.165, 1.54) is 6.07 Å². The first-order valence-corrected chi connectivity index (χ1v) is 5.10. The highest BCUT2D eigenvalue weighted by atomic mass is 16.6. The molecule has 17 heavy (non-hydrogen) atoms. The Bertz CT molecular complexity index is 550. The number of para-hydroxylation sites is 2. The predicted octanol–water partition coefficient (Wildman–Crippen LogP) is 3.35. The van der Waals surface area contributed by atoms with Crippen molar-refractivity contribution in [3.8, 4) is 0 Å². The quantitative estimate of drug-likeness (QED) is 0.458. The number of aliphatic imine (C=N–C) groups is 1. The number of hydrogen-bond acceptors (Lipinski definition) is 3. The van der Waals surface area contributed by atoms with Crippen LogP contribution in [0.3, 0.4) is 0 Å². The molecule has 2 aromatic carbocycles. The van der Waals surface area contributed by atoms with E-state index in [1.54, 1.807) is 24.4 Å². The zero-order valence-corrected chi connectivity index (χ0v) is 8.98. The van der Waals surface area contributed by atoms with Gasteiger partial charge in [0.05, 0.1) is 4.92 Å². The second kappa shape index (κ2) is 5.03. The summed E-state index contributed by atoms with van der Waals surface area (Å²) in [6.07, 6.45) is 1.61. The number of benzene rings is 2. The van der Waals surface area contributed by atoms with Gasteiger partial charge < -0.3 is 0 Å². The highest BCUT2D eigenvalue weighted by Gasteiger charge is 2.10. The smallest absolute Gasteiger partial charge is 0.258 e. The van der Waals surface area contributed by atoms with Crippen molar-refractivity contribution in [1.82, 2.24) is 0 Å². The Hall–Kier alpha value is -2.49. The minimum atomic E-state index is -0.433. The third-order valence-electron chi connectivity index (χ3n) is 2.23. The Balaban J connectivity index is 2.30. The Morgan fingerprint density at radius 3 is 2.35 bits per heavy atom. The van der Waals surface area contributed by atoms with E-state index >= 15 is 0 Å². The van der Waals surface area contributed by atoms with Crippen LogP contribution in [0.15, 0.2) is 59.6 Å². The molecule has 0 unspecified atom stereocenters. The summed E-state index contributed by atoms with van der Waals surface area (Å²) in [6.45, 7) is 0. The summed E-state index contributed by atoms with van der Waals surface area (Å²) in [4.78, 5) is 14.5. The molecule has 0 spiro atoms. The van der Waals surface area contributed by atoms with Gasteiger partial charge in [0, 0.05) is 12.3 Å². The molecule has 0 aliphatic heterocycles. The molecular weight excluding hydrogens is 216 g/mol. The zero-order chi connectivity index (χ0) is 12.1. The number of nitro benzene ring substituents is 1. The molecular formula is C13H10N2O2. The summed E-state index contributed by atoms with van der Waals surface area (Å²) >= 11 is 0. The van der Waals surface area contributed by atoms with E-state index in [0.29, 0.717) is 5.69 Å². The van der Waals surface area contributed by atoms with E-state index in [4.69, 9.17) is 0 Å². The van der Waals surface area contributed by atoms with Gasteiger partial charge in [0.25, 0.3) is 5.69 Å². The third-order valence-corrected chi connectivity index (χ3v) is 2.23. The van der Waals surface area contributed by atoms with Crippen LogP contribution in [0.2, 0.25) is 0 Å². The lowest BCUT2D eigenvalue weighted by Crippen LogP contribution is -1.88. The molecule has 0 bridgehead atoms. The average Bonchev–Trinajstić information content (AvgIpc) is 2.38. The largest absolute Gasteiger partial charge is 0.294 e. The minimum Gasteiger partial charge on any atom is -0.258 e. The van der Waals surface area contributed by atoms with Crippen LogP contribution in [0.1, 0.15) is 5.56 Å². The van der Waals surface area contributed by atoms with E-state index in [0.717, 1.165) is 5.56 Å². The van der Waals surface area contributed by atoms with Crippen molar-refractivity contribution in [3.63, 3.8) is 0 Å². The van der Waals surface area contributed by atoms with E-state index in [-0.39, 0.29) is 5.69 Å². The molecule has 0 heterocycles. The van der Waals surface area contributed by atoms with Crippen LogP contribution in [0, 0.1) is 10.1 Å². The number of hydrogen-bond donors (Lipinski definition) is 0. The molecule has 2 rings (SSSR count).